The van der Waals surface area contributed by atoms with Crippen LogP contribution in [0.1, 0.15) is 0 Å². The Kier molecular flexibility index (Phi) is 86.8. The van der Waals surface area contributed by atoms with Gasteiger partial charge >= 0.3 is 41.8 Å². The van der Waals surface area contributed by atoms with Gasteiger partial charge in [0.25, 0.3) is 0 Å². The Balaban J connectivity index is -0.00000000500. The normalized spacial score (nSPS) is 2.25. The molecule has 0 aliphatic rings. The molecule has 0 aromatic heterocycles. The van der Waals surface area contributed by atoms with Gasteiger partial charge in [-0.2, -0.15) is 0 Å². The van der Waals surface area contributed by atoms with Gasteiger partial charge in [-0.3, -0.25) is 0 Å². The summed E-state index contributed by atoms with van der Waals surface area (Å²) < 4.78 is 0. The zero-order valence-electron chi connectivity index (χ0n) is 2.15. The fraction of sp³-hybridized carbons (Fsp3) is 0. The van der Waals surface area contributed by atoms with Crippen LogP contribution in [0, 0.1) is 0 Å². The predicted molar refractivity (Wildman–Crippen MR) is 28.4 cm³/mol. The van der Waals surface area contributed by atoms with Crippen molar-refractivity contribution in [1.82, 2.24) is 0 Å². The van der Waals surface area contributed by atoms with Gasteiger partial charge in [0, 0.05) is 19.5 Å². The molecule has 24 valence electrons. The van der Waals surface area contributed by atoms with Gasteiger partial charge in [-0.15, -0.1) is 0 Å². The van der Waals surface area contributed by atoms with Crippen LogP contribution in [0.25, 0.3) is 0 Å². The molecular formula is H8GeSeSiZn. The Bertz CT molecular complexity index is 8.00. The number of hydrogen-bond acceptors (Lipinski definition) is 0. The van der Waals surface area contributed by atoms with Crippen molar-refractivity contribution >= 4 is 41.8 Å². The Morgan fingerprint density at radius 3 is 1.25 bits per heavy atom. The molecule has 0 N–H and O–H groups in total. The van der Waals surface area contributed by atoms with Crippen LogP contribution in [0.5, 0.6) is 0 Å². The smallest absolute Gasteiger partial charge is 0 e. The van der Waals surface area contributed by atoms with E-state index in [4.69, 9.17) is 0 Å². The molecule has 0 aliphatic carbocycles. The van der Waals surface area contributed by atoms with Crippen molar-refractivity contribution < 1.29 is 19.5 Å². The van der Waals surface area contributed by atoms with E-state index in [2.05, 4.69) is 15.4 Å². The Morgan fingerprint density at radius 1 is 1.25 bits per heavy atom. The molecule has 0 amide bonds. The first kappa shape index (κ1) is 16.8. The summed E-state index contributed by atoms with van der Waals surface area (Å²) in [6, 6.07) is 0. The fourth-order valence-corrected chi connectivity index (χ4v) is 0. The minimum absolute atomic E-state index is 0. The standard InChI is InChI=1S/GeH4.H4SeSi.Zn/c;1-2;/h1H4;1H,2H3;. The maximum Gasteiger partial charge on any atom is 0 e. The maximum atomic E-state index is 2.45. The van der Waals surface area contributed by atoms with Crippen molar-refractivity contribution in [2.45, 2.75) is 0 Å². The summed E-state index contributed by atoms with van der Waals surface area (Å²) in [5, 5.41) is 0. The summed E-state index contributed by atoms with van der Waals surface area (Å²) in [5.41, 5.74) is 0. The van der Waals surface area contributed by atoms with Crippen LogP contribution in [-0.2, 0) is 19.5 Å². The second kappa shape index (κ2) is 20.6. The topological polar surface area (TPSA) is 0 Å². The van der Waals surface area contributed by atoms with E-state index in [0.717, 1.165) is 0 Å². The van der Waals surface area contributed by atoms with E-state index < -0.39 is 0 Å². The molecule has 0 saturated heterocycles. The summed E-state index contributed by atoms with van der Waals surface area (Å²) in [7, 11) is 1.24. The van der Waals surface area contributed by atoms with Crippen molar-refractivity contribution in [2.75, 3.05) is 0 Å². The van der Waals surface area contributed by atoms with Gasteiger partial charge in [0.15, 0.2) is 0 Å². The van der Waals surface area contributed by atoms with E-state index in [1.807, 2.05) is 0 Å². The van der Waals surface area contributed by atoms with E-state index in [9.17, 15) is 0 Å². The molecule has 0 heterocycles. The van der Waals surface area contributed by atoms with Crippen LogP contribution in [0.15, 0.2) is 0 Å². The summed E-state index contributed by atoms with van der Waals surface area (Å²) >= 11 is 2.45. The molecule has 0 aromatic rings. The molecule has 0 aromatic carbocycles. The van der Waals surface area contributed by atoms with Crippen molar-refractivity contribution in [3.05, 3.63) is 0 Å². The number of hydrogen-bond donors (Lipinski definition) is 0. The van der Waals surface area contributed by atoms with Crippen molar-refractivity contribution in [1.29, 1.82) is 0 Å². The zero-order chi connectivity index (χ0) is 2.00. The molecule has 4 heteroatoms. The van der Waals surface area contributed by atoms with Gasteiger partial charge in [0.1, 0.15) is 0 Å². The van der Waals surface area contributed by atoms with E-state index in [-0.39, 0.29) is 37.1 Å². The van der Waals surface area contributed by atoms with Crippen LogP contribution < -0.4 is 0 Å². The Morgan fingerprint density at radius 2 is 1.25 bits per heavy atom. The Labute approximate surface area is 60.9 Å². The maximum absolute atomic E-state index is 2.45. The molecule has 0 rings (SSSR count). The molecule has 0 fully saturated rings. The first-order valence-electron chi connectivity index (χ1n) is 0.447. The van der Waals surface area contributed by atoms with Gasteiger partial charge < -0.3 is 0 Å². The van der Waals surface area contributed by atoms with Crippen LogP contribution in [-0.4, -0.2) is 41.8 Å². The van der Waals surface area contributed by atoms with Crippen LogP contribution >= 0.6 is 0 Å². The molecule has 0 aliphatic heterocycles. The zero-order valence-corrected chi connectivity index (χ0v) is 9.00. The molecule has 0 spiro atoms. The van der Waals surface area contributed by atoms with E-state index in [1.54, 1.807) is 0 Å². The molecule has 0 unspecified atom stereocenters. The van der Waals surface area contributed by atoms with Crippen molar-refractivity contribution in [2.24, 2.45) is 0 Å². The third-order valence-corrected chi connectivity index (χ3v) is 0. The van der Waals surface area contributed by atoms with E-state index >= 15 is 0 Å². The third-order valence-electron chi connectivity index (χ3n) is 0. The number of rotatable bonds is 0. The van der Waals surface area contributed by atoms with E-state index in [1.165, 1.54) is 8.85 Å². The van der Waals surface area contributed by atoms with Crippen LogP contribution in [0.2, 0.25) is 0 Å². The Hall–Kier alpha value is 1.90. The molecule has 0 nitrogen and oxygen atoms in total. The van der Waals surface area contributed by atoms with Gasteiger partial charge in [-0.1, -0.05) is 0 Å². The second-order valence-electron chi connectivity index (χ2n) is 0. The second-order valence-corrected chi connectivity index (χ2v) is 0. The summed E-state index contributed by atoms with van der Waals surface area (Å²) in [6.45, 7) is 0. The molecule has 0 radical (unpaired) electrons. The van der Waals surface area contributed by atoms with Gasteiger partial charge in [0.05, 0.1) is 0 Å². The van der Waals surface area contributed by atoms with Crippen LogP contribution in [0.3, 0.4) is 0 Å². The monoisotopic (exact) mass is 254 g/mol. The van der Waals surface area contributed by atoms with E-state index in [0.29, 0.717) is 0 Å². The third kappa shape index (κ3) is 9.08. The first-order chi connectivity index (χ1) is 1.00. The molecule has 0 bridgehead atoms. The summed E-state index contributed by atoms with van der Waals surface area (Å²) in [4.78, 5) is 0. The average Bonchev–Trinajstić information content (AvgIpc) is 1.00. The van der Waals surface area contributed by atoms with Gasteiger partial charge in [0.2, 0.25) is 0 Å². The minimum Gasteiger partial charge on any atom is 0 e. The average molecular weight is 253 g/mol. The van der Waals surface area contributed by atoms with Gasteiger partial charge in [-0.25, -0.2) is 0 Å². The first-order valence-corrected chi connectivity index (χ1v) is 6.97. The minimum atomic E-state index is 0. The fourth-order valence-electron chi connectivity index (χ4n) is 0. The largest absolute Gasteiger partial charge is 0 e. The van der Waals surface area contributed by atoms with Crippen molar-refractivity contribution in [3.63, 3.8) is 0 Å². The molecule has 4 heavy (non-hydrogen) atoms. The SMILES string of the molecule is [GeH4].[SiH3][SeH].[Zn]. The quantitative estimate of drug-likeness (QED) is 0.397. The summed E-state index contributed by atoms with van der Waals surface area (Å²) in [6.07, 6.45) is 0. The summed E-state index contributed by atoms with van der Waals surface area (Å²) in [5.74, 6) is 0. The molecule has 0 atom stereocenters. The van der Waals surface area contributed by atoms with Crippen molar-refractivity contribution in [3.8, 4) is 0 Å². The predicted octanol–water partition coefficient (Wildman–Crippen LogP) is -3.29. The van der Waals surface area contributed by atoms with Gasteiger partial charge in [-0.05, 0) is 0 Å². The van der Waals surface area contributed by atoms with Crippen LogP contribution in [0.4, 0.5) is 0 Å². The molecule has 0 saturated carbocycles. The molecular weight excluding hydrogens is 245 g/mol.